The molecule has 0 aromatic heterocycles. The van der Waals surface area contributed by atoms with Gasteiger partial charge in [-0.1, -0.05) is 12.1 Å². The van der Waals surface area contributed by atoms with E-state index in [-0.39, 0.29) is 0 Å². The molecule has 1 aromatic carbocycles. The summed E-state index contributed by atoms with van der Waals surface area (Å²) in [6.07, 6.45) is 0. The molecular weight excluding hydrogens is 260 g/mol. The molecule has 6 heteroatoms. The van der Waals surface area contributed by atoms with Gasteiger partial charge < -0.3 is 20.1 Å². The van der Waals surface area contributed by atoms with E-state index in [0.717, 1.165) is 38.4 Å². The maximum atomic E-state index is 11.6. The molecule has 1 amide bonds. The van der Waals surface area contributed by atoms with Crippen LogP contribution < -0.4 is 10.6 Å². The maximum absolute atomic E-state index is 11.6. The van der Waals surface area contributed by atoms with Crippen LogP contribution >= 0.6 is 0 Å². The quantitative estimate of drug-likeness (QED) is 0.659. The Hall–Kier alpha value is -1.92. The van der Waals surface area contributed by atoms with E-state index >= 15 is 0 Å². The highest BCUT2D eigenvalue weighted by atomic mass is 16.5. The number of quaternary nitrogens is 1. The molecular formula is C14H19N2O4+. The highest BCUT2D eigenvalue weighted by Crippen LogP contribution is 2.05. The third-order valence-corrected chi connectivity index (χ3v) is 3.19. The molecule has 0 saturated carbocycles. The molecule has 1 aromatic rings. The Morgan fingerprint density at radius 3 is 2.45 bits per heavy atom. The number of nitrogens with two attached hydrogens (primary N) is 1. The van der Waals surface area contributed by atoms with Gasteiger partial charge in [0.15, 0.2) is 6.61 Å². The Morgan fingerprint density at radius 1 is 1.20 bits per heavy atom. The monoisotopic (exact) mass is 279 g/mol. The molecule has 1 saturated heterocycles. The fourth-order valence-corrected chi connectivity index (χ4v) is 2.10. The molecule has 6 nitrogen and oxygen atoms in total. The Balaban J connectivity index is 1.88. The third kappa shape index (κ3) is 4.32. The van der Waals surface area contributed by atoms with E-state index in [1.807, 2.05) is 12.1 Å². The molecule has 0 aliphatic carbocycles. The van der Waals surface area contributed by atoms with Gasteiger partial charge in [-0.25, -0.2) is 4.79 Å². The van der Waals surface area contributed by atoms with Crippen LogP contribution in [0.25, 0.3) is 0 Å². The van der Waals surface area contributed by atoms with Gasteiger partial charge in [-0.2, -0.15) is 0 Å². The van der Waals surface area contributed by atoms with Gasteiger partial charge in [0, 0.05) is 5.56 Å². The van der Waals surface area contributed by atoms with Gasteiger partial charge in [-0.05, 0) is 12.1 Å². The molecule has 1 fully saturated rings. The van der Waals surface area contributed by atoms with Crippen molar-refractivity contribution >= 4 is 11.9 Å². The van der Waals surface area contributed by atoms with Crippen LogP contribution in [0.3, 0.4) is 0 Å². The van der Waals surface area contributed by atoms with E-state index in [4.69, 9.17) is 15.2 Å². The van der Waals surface area contributed by atoms with E-state index in [1.165, 1.54) is 4.90 Å². The van der Waals surface area contributed by atoms with Crippen molar-refractivity contribution < 1.29 is 24.0 Å². The summed E-state index contributed by atoms with van der Waals surface area (Å²) in [6.45, 7) is 4.13. The van der Waals surface area contributed by atoms with Gasteiger partial charge in [0.25, 0.3) is 5.91 Å². The fraction of sp³-hybridized carbons (Fsp3) is 0.429. The number of benzene rings is 1. The first-order chi connectivity index (χ1) is 9.65. The van der Waals surface area contributed by atoms with Crippen LogP contribution in [0.4, 0.5) is 0 Å². The minimum atomic E-state index is -0.661. The van der Waals surface area contributed by atoms with Crippen LogP contribution in [0.15, 0.2) is 24.3 Å². The minimum absolute atomic E-state index is 0.390. The summed E-state index contributed by atoms with van der Waals surface area (Å²) in [4.78, 5) is 23.6. The topological polar surface area (TPSA) is 83.1 Å². The van der Waals surface area contributed by atoms with Crippen molar-refractivity contribution in [3.8, 4) is 0 Å². The van der Waals surface area contributed by atoms with Crippen LogP contribution in [0.2, 0.25) is 0 Å². The summed E-state index contributed by atoms with van der Waals surface area (Å²) in [5.74, 6) is -1.19. The first-order valence-corrected chi connectivity index (χ1v) is 6.61. The predicted molar refractivity (Wildman–Crippen MR) is 71.1 cm³/mol. The first-order valence-electron chi connectivity index (χ1n) is 6.61. The summed E-state index contributed by atoms with van der Waals surface area (Å²) in [5, 5.41) is 0. The van der Waals surface area contributed by atoms with Crippen molar-refractivity contribution in [2.45, 2.75) is 6.54 Å². The molecule has 0 radical (unpaired) electrons. The Labute approximate surface area is 117 Å². The van der Waals surface area contributed by atoms with Crippen LogP contribution in [0.5, 0.6) is 0 Å². The lowest BCUT2D eigenvalue weighted by Gasteiger charge is -2.23. The highest BCUT2D eigenvalue weighted by molar-refractivity contribution is 5.91. The zero-order valence-electron chi connectivity index (χ0n) is 11.3. The molecule has 1 aliphatic rings. The molecule has 1 aliphatic heterocycles. The van der Waals surface area contributed by atoms with Crippen LogP contribution in [-0.2, 0) is 20.8 Å². The number of ether oxygens (including phenoxy) is 2. The van der Waals surface area contributed by atoms with E-state index in [0.29, 0.717) is 5.56 Å². The molecule has 1 heterocycles. The van der Waals surface area contributed by atoms with Crippen LogP contribution in [0, 0.1) is 0 Å². The second kappa shape index (κ2) is 7.02. The van der Waals surface area contributed by atoms with Gasteiger partial charge in [-0.15, -0.1) is 0 Å². The summed E-state index contributed by atoms with van der Waals surface area (Å²) >= 11 is 0. The molecule has 0 atom stereocenters. The van der Waals surface area contributed by atoms with Gasteiger partial charge in [-0.3, -0.25) is 4.79 Å². The first kappa shape index (κ1) is 14.5. The number of carbonyl (C=O) groups is 2. The van der Waals surface area contributed by atoms with Crippen LogP contribution in [0.1, 0.15) is 15.9 Å². The second-order valence-corrected chi connectivity index (χ2v) is 4.78. The molecule has 3 N–H and O–H groups in total. The number of esters is 1. The number of primary amides is 1. The van der Waals surface area contributed by atoms with Crippen LogP contribution in [-0.4, -0.2) is 44.8 Å². The van der Waals surface area contributed by atoms with Crippen molar-refractivity contribution in [1.82, 2.24) is 0 Å². The normalized spacial score (nSPS) is 15.8. The number of hydrogen-bond donors (Lipinski definition) is 2. The maximum Gasteiger partial charge on any atom is 0.338 e. The summed E-state index contributed by atoms with van der Waals surface area (Å²) in [6, 6.07) is 7.23. The predicted octanol–water partition coefficient (Wildman–Crippen LogP) is -1.26. The van der Waals surface area contributed by atoms with Crippen molar-refractivity contribution in [2.75, 3.05) is 32.9 Å². The summed E-state index contributed by atoms with van der Waals surface area (Å²) < 4.78 is 10.1. The number of morpholine rings is 1. The van der Waals surface area contributed by atoms with Crippen molar-refractivity contribution in [3.63, 3.8) is 0 Å². The SMILES string of the molecule is NC(=O)COC(=O)c1ccc(C[NH+]2CCOCC2)cc1. The number of hydrogen-bond acceptors (Lipinski definition) is 4. The number of amides is 1. The largest absolute Gasteiger partial charge is 0.452 e. The number of carbonyl (C=O) groups excluding carboxylic acids is 2. The lowest BCUT2D eigenvalue weighted by atomic mass is 10.1. The zero-order chi connectivity index (χ0) is 14.4. The lowest BCUT2D eigenvalue weighted by molar-refractivity contribution is -0.921. The van der Waals surface area contributed by atoms with Gasteiger partial charge in [0.05, 0.1) is 18.8 Å². The number of nitrogens with one attached hydrogen (secondary N) is 1. The van der Waals surface area contributed by atoms with E-state index in [2.05, 4.69) is 0 Å². The minimum Gasteiger partial charge on any atom is -0.452 e. The fourth-order valence-electron chi connectivity index (χ4n) is 2.10. The Bertz CT molecular complexity index is 467. The third-order valence-electron chi connectivity index (χ3n) is 3.19. The lowest BCUT2D eigenvalue weighted by Crippen LogP contribution is -3.12. The molecule has 0 unspecified atom stereocenters. The van der Waals surface area contributed by atoms with Gasteiger partial charge >= 0.3 is 5.97 Å². The van der Waals surface area contributed by atoms with Crippen molar-refractivity contribution in [3.05, 3.63) is 35.4 Å². The summed E-state index contributed by atoms with van der Waals surface area (Å²) in [5.41, 5.74) is 6.50. The van der Waals surface area contributed by atoms with E-state index < -0.39 is 18.5 Å². The second-order valence-electron chi connectivity index (χ2n) is 4.78. The molecule has 2 rings (SSSR count). The average Bonchev–Trinajstić information content (AvgIpc) is 2.46. The van der Waals surface area contributed by atoms with E-state index in [9.17, 15) is 9.59 Å². The Morgan fingerprint density at radius 2 is 1.85 bits per heavy atom. The zero-order valence-corrected chi connectivity index (χ0v) is 11.3. The van der Waals surface area contributed by atoms with E-state index in [1.54, 1.807) is 12.1 Å². The standard InChI is InChI=1S/C14H18N2O4/c15-13(17)10-20-14(18)12-3-1-11(2-4-12)9-16-5-7-19-8-6-16/h1-4H,5-10H2,(H2,15,17)/p+1. The highest BCUT2D eigenvalue weighted by Gasteiger charge is 2.14. The Kier molecular flexibility index (Phi) is 5.09. The van der Waals surface area contributed by atoms with Crippen molar-refractivity contribution in [2.24, 2.45) is 5.73 Å². The molecule has 20 heavy (non-hydrogen) atoms. The average molecular weight is 279 g/mol. The molecule has 0 spiro atoms. The molecule has 108 valence electrons. The number of rotatable bonds is 5. The summed E-state index contributed by atoms with van der Waals surface area (Å²) in [7, 11) is 0. The van der Waals surface area contributed by atoms with Gasteiger partial charge in [0.1, 0.15) is 19.6 Å². The van der Waals surface area contributed by atoms with Gasteiger partial charge in [0.2, 0.25) is 0 Å². The molecule has 0 bridgehead atoms. The van der Waals surface area contributed by atoms with Crippen molar-refractivity contribution in [1.29, 1.82) is 0 Å². The smallest absolute Gasteiger partial charge is 0.338 e.